The summed E-state index contributed by atoms with van der Waals surface area (Å²) >= 11 is 3.42. The predicted octanol–water partition coefficient (Wildman–Crippen LogP) is 2.63. The Morgan fingerprint density at radius 2 is 2.05 bits per heavy atom. The number of methoxy groups -OCH3 is 2. The van der Waals surface area contributed by atoms with E-state index in [0.717, 1.165) is 16.5 Å². The summed E-state index contributed by atoms with van der Waals surface area (Å²) in [6, 6.07) is 3.26. The number of carbonyl (C=O) groups excluding carboxylic acids is 1. The van der Waals surface area contributed by atoms with Crippen molar-refractivity contribution in [3.63, 3.8) is 0 Å². The summed E-state index contributed by atoms with van der Waals surface area (Å²) in [7, 11) is 3.15. The lowest BCUT2D eigenvalue weighted by Crippen LogP contribution is -2.40. The number of hydrogen-bond acceptors (Lipinski definition) is 4. The van der Waals surface area contributed by atoms with Crippen LogP contribution in [0, 0.1) is 0 Å². The van der Waals surface area contributed by atoms with Gasteiger partial charge in [-0.15, -0.1) is 12.4 Å². The number of nitrogens with one attached hydrogen (secondary N) is 1. The number of ether oxygens (including phenoxy) is 2. The molecule has 0 heterocycles. The molecule has 0 saturated carbocycles. The van der Waals surface area contributed by atoms with Crippen molar-refractivity contribution in [1.29, 1.82) is 0 Å². The van der Waals surface area contributed by atoms with Gasteiger partial charge in [-0.2, -0.15) is 0 Å². The zero-order valence-electron chi connectivity index (χ0n) is 12.4. The number of halogens is 2. The second-order valence-electron chi connectivity index (χ2n) is 4.43. The first kappa shape index (κ1) is 20.0. The molecule has 1 aromatic carbocycles. The number of nitrogens with two attached hydrogens (primary N) is 1. The molecule has 0 radical (unpaired) electrons. The van der Waals surface area contributed by atoms with Crippen molar-refractivity contribution in [2.75, 3.05) is 14.2 Å². The third kappa shape index (κ3) is 5.73. The Labute approximate surface area is 140 Å². The van der Waals surface area contributed by atoms with Crippen molar-refractivity contribution in [2.45, 2.75) is 32.4 Å². The summed E-state index contributed by atoms with van der Waals surface area (Å²) in [5.74, 6) is 1.10. The Balaban J connectivity index is 0.00000400. The molecule has 1 atom stereocenters. The molecule has 3 N–H and O–H groups in total. The van der Waals surface area contributed by atoms with Gasteiger partial charge in [-0.3, -0.25) is 4.79 Å². The van der Waals surface area contributed by atoms with E-state index < -0.39 is 6.04 Å². The lowest BCUT2D eigenvalue weighted by atomic mass is 10.1. The Kier molecular flexibility index (Phi) is 9.41. The maximum atomic E-state index is 11.8. The SMILES string of the molecule is CCCC(N)C(=O)NCc1cc(Br)c(OC)c(OC)c1.Cl. The molecule has 7 heteroatoms. The minimum atomic E-state index is -0.455. The van der Waals surface area contributed by atoms with Gasteiger partial charge in [0.1, 0.15) is 0 Å². The minimum Gasteiger partial charge on any atom is -0.493 e. The summed E-state index contributed by atoms with van der Waals surface area (Å²) in [5, 5.41) is 2.82. The zero-order valence-corrected chi connectivity index (χ0v) is 14.8. The molecule has 1 unspecified atom stereocenters. The van der Waals surface area contributed by atoms with Crippen LogP contribution in [-0.2, 0) is 11.3 Å². The number of hydrogen-bond donors (Lipinski definition) is 2. The standard InChI is InChI=1S/C14H21BrN2O3.ClH/c1-4-5-11(16)14(18)17-8-9-6-10(15)13(20-3)12(7-9)19-2;/h6-7,11H,4-5,8,16H2,1-3H3,(H,17,18);1H. The molecule has 0 aromatic heterocycles. The molecule has 0 saturated heterocycles. The van der Waals surface area contributed by atoms with E-state index in [2.05, 4.69) is 21.2 Å². The normalized spacial score (nSPS) is 11.3. The van der Waals surface area contributed by atoms with Gasteiger partial charge in [-0.1, -0.05) is 13.3 Å². The Hall–Kier alpha value is -0.980. The van der Waals surface area contributed by atoms with Crippen LogP contribution < -0.4 is 20.5 Å². The van der Waals surface area contributed by atoms with Crippen LogP contribution in [0.5, 0.6) is 11.5 Å². The monoisotopic (exact) mass is 380 g/mol. The number of amides is 1. The first-order valence-electron chi connectivity index (χ1n) is 6.47. The van der Waals surface area contributed by atoms with Gasteiger partial charge in [0, 0.05) is 6.54 Å². The highest BCUT2D eigenvalue weighted by Gasteiger charge is 2.14. The van der Waals surface area contributed by atoms with Crippen LogP contribution in [-0.4, -0.2) is 26.2 Å². The first-order chi connectivity index (χ1) is 9.53. The highest BCUT2D eigenvalue weighted by atomic mass is 79.9. The van der Waals surface area contributed by atoms with Crippen LogP contribution in [0.1, 0.15) is 25.3 Å². The number of benzene rings is 1. The lowest BCUT2D eigenvalue weighted by molar-refractivity contribution is -0.122. The number of rotatable bonds is 7. The zero-order chi connectivity index (χ0) is 15.1. The molecule has 1 amide bonds. The highest BCUT2D eigenvalue weighted by molar-refractivity contribution is 9.10. The van der Waals surface area contributed by atoms with E-state index in [1.54, 1.807) is 14.2 Å². The van der Waals surface area contributed by atoms with Gasteiger partial charge in [0.25, 0.3) is 0 Å². The Morgan fingerprint density at radius 3 is 2.57 bits per heavy atom. The van der Waals surface area contributed by atoms with Crippen LogP contribution >= 0.6 is 28.3 Å². The molecular formula is C14H22BrClN2O3. The summed E-state index contributed by atoms with van der Waals surface area (Å²) in [5.41, 5.74) is 6.67. The molecule has 0 aliphatic heterocycles. The molecule has 21 heavy (non-hydrogen) atoms. The average Bonchev–Trinajstić information content (AvgIpc) is 2.44. The van der Waals surface area contributed by atoms with E-state index in [4.69, 9.17) is 15.2 Å². The van der Waals surface area contributed by atoms with E-state index in [9.17, 15) is 4.79 Å². The minimum absolute atomic E-state index is 0. The van der Waals surface area contributed by atoms with Gasteiger partial charge in [0.15, 0.2) is 11.5 Å². The van der Waals surface area contributed by atoms with Gasteiger partial charge in [0.2, 0.25) is 5.91 Å². The Bertz CT molecular complexity index is 472. The maximum absolute atomic E-state index is 11.8. The molecule has 0 fully saturated rings. The fourth-order valence-corrected chi connectivity index (χ4v) is 2.49. The third-order valence-corrected chi connectivity index (χ3v) is 3.49. The van der Waals surface area contributed by atoms with Crippen LogP contribution in [0.4, 0.5) is 0 Å². The largest absolute Gasteiger partial charge is 0.493 e. The van der Waals surface area contributed by atoms with Gasteiger partial charge >= 0.3 is 0 Å². The van der Waals surface area contributed by atoms with Crippen LogP contribution in [0.15, 0.2) is 16.6 Å². The maximum Gasteiger partial charge on any atom is 0.237 e. The molecular weight excluding hydrogens is 360 g/mol. The summed E-state index contributed by atoms with van der Waals surface area (Å²) in [6.07, 6.45) is 1.57. The lowest BCUT2D eigenvalue weighted by Gasteiger charge is -2.14. The van der Waals surface area contributed by atoms with Crippen molar-refractivity contribution >= 4 is 34.2 Å². The quantitative estimate of drug-likeness (QED) is 0.761. The fraction of sp³-hybridized carbons (Fsp3) is 0.500. The van der Waals surface area contributed by atoms with E-state index in [1.165, 1.54) is 0 Å². The van der Waals surface area contributed by atoms with E-state index >= 15 is 0 Å². The predicted molar refractivity (Wildman–Crippen MR) is 89.2 cm³/mol. The average molecular weight is 382 g/mol. The summed E-state index contributed by atoms with van der Waals surface area (Å²) in [4.78, 5) is 11.8. The Morgan fingerprint density at radius 1 is 1.38 bits per heavy atom. The molecule has 0 spiro atoms. The fourth-order valence-electron chi connectivity index (χ4n) is 1.84. The van der Waals surface area contributed by atoms with E-state index in [0.29, 0.717) is 24.5 Å². The molecule has 0 aliphatic carbocycles. The highest BCUT2D eigenvalue weighted by Crippen LogP contribution is 2.36. The molecule has 5 nitrogen and oxygen atoms in total. The van der Waals surface area contributed by atoms with Gasteiger partial charge < -0.3 is 20.5 Å². The molecule has 0 bridgehead atoms. The van der Waals surface area contributed by atoms with Crippen LogP contribution in [0.3, 0.4) is 0 Å². The van der Waals surface area contributed by atoms with Crippen molar-refractivity contribution in [2.24, 2.45) is 5.73 Å². The van der Waals surface area contributed by atoms with Gasteiger partial charge in [-0.25, -0.2) is 0 Å². The van der Waals surface area contributed by atoms with Crippen molar-refractivity contribution in [3.8, 4) is 11.5 Å². The second kappa shape index (κ2) is 9.87. The summed E-state index contributed by atoms with van der Waals surface area (Å²) in [6.45, 7) is 2.40. The van der Waals surface area contributed by atoms with E-state index in [-0.39, 0.29) is 18.3 Å². The smallest absolute Gasteiger partial charge is 0.237 e. The van der Waals surface area contributed by atoms with Crippen LogP contribution in [0.25, 0.3) is 0 Å². The second-order valence-corrected chi connectivity index (χ2v) is 5.28. The van der Waals surface area contributed by atoms with Crippen molar-refractivity contribution < 1.29 is 14.3 Å². The molecule has 120 valence electrons. The van der Waals surface area contributed by atoms with Crippen molar-refractivity contribution in [3.05, 3.63) is 22.2 Å². The van der Waals surface area contributed by atoms with Crippen molar-refractivity contribution in [1.82, 2.24) is 5.32 Å². The number of carbonyl (C=O) groups is 1. The van der Waals surface area contributed by atoms with E-state index in [1.807, 2.05) is 19.1 Å². The first-order valence-corrected chi connectivity index (χ1v) is 7.26. The van der Waals surface area contributed by atoms with Crippen LogP contribution in [0.2, 0.25) is 0 Å². The third-order valence-electron chi connectivity index (χ3n) is 2.90. The summed E-state index contributed by atoms with van der Waals surface area (Å²) < 4.78 is 11.3. The molecule has 1 aromatic rings. The molecule has 0 aliphatic rings. The molecule has 1 rings (SSSR count). The van der Waals surface area contributed by atoms with Gasteiger partial charge in [0.05, 0.1) is 24.7 Å². The topological polar surface area (TPSA) is 73.6 Å². The van der Waals surface area contributed by atoms with Gasteiger partial charge in [-0.05, 0) is 40.0 Å².